The van der Waals surface area contributed by atoms with E-state index in [0.717, 1.165) is 12.8 Å². The lowest BCUT2D eigenvalue weighted by Gasteiger charge is -2.39. The van der Waals surface area contributed by atoms with Gasteiger partial charge in [0.25, 0.3) is 16.9 Å². The van der Waals surface area contributed by atoms with Crippen LogP contribution in [-0.4, -0.2) is 88.3 Å². The van der Waals surface area contributed by atoms with Crippen LogP contribution in [0.1, 0.15) is 74.7 Å². The Labute approximate surface area is 253 Å². The van der Waals surface area contributed by atoms with Crippen LogP contribution in [0.25, 0.3) is 0 Å². The van der Waals surface area contributed by atoms with Crippen molar-refractivity contribution in [1.82, 2.24) is 25.2 Å². The van der Waals surface area contributed by atoms with Crippen molar-refractivity contribution in [2.45, 2.75) is 99.1 Å². The Morgan fingerprint density at radius 3 is 2.17 bits per heavy atom. The second kappa shape index (κ2) is 12.4. The van der Waals surface area contributed by atoms with Gasteiger partial charge in [-0.25, -0.2) is 0 Å². The summed E-state index contributed by atoms with van der Waals surface area (Å²) in [6.45, 7) is 16.7. The summed E-state index contributed by atoms with van der Waals surface area (Å²) in [5.41, 5.74) is 3.95. The first-order chi connectivity index (χ1) is 19.1. The smallest absolute Gasteiger partial charge is 0.297 e. The average molecular weight is 611 g/mol. The minimum absolute atomic E-state index is 0.0912. The van der Waals surface area contributed by atoms with E-state index in [4.69, 9.17) is 5.73 Å². The number of carbonyl (C=O) groups is 5. The van der Waals surface area contributed by atoms with Gasteiger partial charge in [-0.05, 0) is 53.3 Å². The van der Waals surface area contributed by atoms with E-state index in [0.29, 0.717) is 37.4 Å². The van der Waals surface area contributed by atoms with Gasteiger partial charge < -0.3 is 20.6 Å². The summed E-state index contributed by atoms with van der Waals surface area (Å²) < 4.78 is 2.40. The Balaban J connectivity index is 1.76. The zero-order chi connectivity index (χ0) is 31.9. The summed E-state index contributed by atoms with van der Waals surface area (Å²) in [5.74, 6) is -1.72. The standard InChI is InChI=1S/C29H50N6O6S/c1-27(2,3)12-17(23(38)34(9)13-15-10-11-15)31-26(41)32-20(28(4,5)6)24(39)35-14-16-18(29(16,7)8)19(35)22(37)33-42-25(40)21(30)36/h15-20,26,31-32,41H,10-14H2,1-9H3,(H2,30,36)(H,33,37)/t16-,17-,18-,19?,20+,26?/m0/s1. The molecule has 2 aliphatic carbocycles. The van der Waals surface area contributed by atoms with Crippen molar-refractivity contribution in [2.75, 3.05) is 20.1 Å². The molecule has 3 fully saturated rings. The molecule has 2 unspecified atom stereocenters. The Morgan fingerprint density at radius 2 is 1.67 bits per heavy atom. The fourth-order valence-corrected chi connectivity index (χ4v) is 6.56. The van der Waals surface area contributed by atoms with Crippen LogP contribution in [0.2, 0.25) is 0 Å². The van der Waals surface area contributed by atoms with Crippen LogP contribution in [0.3, 0.4) is 0 Å². The van der Waals surface area contributed by atoms with Crippen LogP contribution in [0, 0.1) is 34.0 Å². The average Bonchev–Trinajstić information content (AvgIpc) is 3.70. The van der Waals surface area contributed by atoms with Crippen molar-refractivity contribution >= 4 is 40.7 Å². The molecule has 1 heterocycles. The number of nitrogens with two attached hydrogens (primary N) is 1. The molecule has 1 saturated heterocycles. The summed E-state index contributed by atoms with van der Waals surface area (Å²) in [5, 5.41) is 16.2. The van der Waals surface area contributed by atoms with Crippen molar-refractivity contribution in [1.29, 1.82) is 0 Å². The SMILES string of the molecule is CN(CC1CC1)C(=O)[C@H](CC(C)(C)C)NC(O)N[C@H](C(=O)N1C[C@H]2[C@@H](C1C(=O)NSC(=O)C(N)=O)C2(C)C)C(C)(C)C. The number of hydrogen-bond donors (Lipinski definition) is 5. The number of aliphatic hydroxyl groups excluding tert-OH is 1. The molecule has 12 nitrogen and oxygen atoms in total. The molecule has 0 aromatic rings. The minimum atomic E-state index is -1.38. The number of fused-ring (bicyclic) bond motifs is 1. The fraction of sp³-hybridized carbons (Fsp3) is 0.828. The molecular weight excluding hydrogens is 560 g/mol. The molecule has 6 atom stereocenters. The highest BCUT2D eigenvalue weighted by atomic mass is 32.2. The molecular formula is C29H50N6O6S. The number of carbonyl (C=O) groups excluding carboxylic acids is 5. The zero-order valence-electron chi connectivity index (χ0n) is 26.4. The second-order valence-electron chi connectivity index (χ2n) is 15.1. The molecule has 0 aromatic carbocycles. The number of piperidine rings is 1. The Kier molecular flexibility index (Phi) is 10.1. The third-order valence-electron chi connectivity index (χ3n) is 8.72. The van der Waals surface area contributed by atoms with Gasteiger partial charge in [0, 0.05) is 32.1 Å². The molecule has 42 heavy (non-hydrogen) atoms. The predicted octanol–water partition coefficient (Wildman–Crippen LogP) is 0.789. The maximum atomic E-state index is 14.1. The van der Waals surface area contributed by atoms with Crippen LogP contribution in [0.4, 0.5) is 0 Å². The number of hydrogen-bond acceptors (Lipinski definition) is 9. The number of nitrogens with zero attached hydrogens (tertiary/aromatic N) is 2. The lowest BCUT2D eigenvalue weighted by Crippen LogP contribution is -2.63. The van der Waals surface area contributed by atoms with Gasteiger partial charge in [0.15, 0.2) is 6.35 Å². The molecule has 0 spiro atoms. The quantitative estimate of drug-likeness (QED) is 0.136. The van der Waals surface area contributed by atoms with E-state index in [9.17, 15) is 29.1 Å². The summed E-state index contributed by atoms with van der Waals surface area (Å²) >= 11 is 0.310. The first-order valence-electron chi connectivity index (χ1n) is 14.7. The van der Waals surface area contributed by atoms with Crippen LogP contribution in [0.5, 0.6) is 0 Å². The van der Waals surface area contributed by atoms with Crippen molar-refractivity contribution < 1.29 is 29.1 Å². The second-order valence-corrected chi connectivity index (χ2v) is 15.9. The zero-order valence-corrected chi connectivity index (χ0v) is 27.3. The number of nitrogens with one attached hydrogen (secondary N) is 3. The molecule has 1 aliphatic heterocycles. The first kappa shape index (κ1) is 34.3. The van der Waals surface area contributed by atoms with Crippen molar-refractivity contribution in [3.63, 3.8) is 0 Å². The van der Waals surface area contributed by atoms with Crippen LogP contribution in [0.15, 0.2) is 0 Å². The number of likely N-dealkylation sites (N-methyl/N-ethyl adjacent to an activating group) is 1. The number of rotatable bonds is 10. The van der Waals surface area contributed by atoms with E-state index in [1.165, 1.54) is 4.90 Å². The summed E-state index contributed by atoms with van der Waals surface area (Å²) in [4.78, 5) is 66.7. The predicted molar refractivity (Wildman–Crippen MR) is 160 cm³/mol. The van der Waals surface area contributed by atoms with Crippen molar-refractivity contribution in [2.24, 2.45) is 39.7 Å². The number of aliphatic hydroxyl groups is 1. The van der Waals surface area contributed by atoms with Crippen molar-refractivity contribution in [3.8, 4) is 0 Å². The molecule has 0 bridgehead atoms. The largest absolute Gasteiger partial charge is 0.365 e. The van der Waals surface area contributed by atoms with Gasteiger partial charge in [-0.3, -0.25) is 39.3 Å². The van der Waals surface area contributed by atoms with E-state index in [1.807, 2.05) is 55.4 Å². The summed E-state index contributed by atoms with van der Waals surface area (Å²) in [7, 11) is 1.78. The Morgan fingerprint density at radius 1 is 1.07 bits per heavy atom. The van der Waals surface area contributed by atoms with Gasteiger partial charge in [0.2, 0.25) is 11.8 Å². The molecule has 6 N–H and O–H groups in total. The van der Waals surface area contributed by atoms with E-state index in [1.54, 1.807) is 11.9 Å². The Hall–Kier alpha value is -2.22. The third-order valence-corrected chi connectivity index (χ3v) is 9.41. The van der Waals surface area contributed by atoms with Gasteiger partial charge in [-0.2, -0.15) is 0 Å². The molecule has 238 valence electrons. The third kappa shape index (κ3) is 8.23. The highest BCUT2D eigenvalue weighted by Gasteiger charge is 2.69. The van der Waals surface area contributed by atoms with Gasteiger partial charge in [-0.15, -0.1) is 0 Å². The van der Waals surface area contributed by atoms with E-state index in [2.05, 4.69) is 15.4 Å². The van der Waals surface area contributed by atoms with Gasteiger partial charge in [0.05, 0.1) is 12.1 Å². The molecule has 4 amide bonds. The lowest BCUT2D eigenvalue weighted by atomic mass is 9.85. The van der Waals surface area contributed by atoms with Crippen LogP contribution >= 0.6 is 11.9 Å². The van der Waals surface area contributed by atoms with E-state index >= 15 is 0 Å². The number of likely N-dealkylation sites (tertiary alicyclic amines) is 1. The lowest BCUT2D eigenvalue weighted by molar-refractivity contribution is -0.145. The highest BCUT2D eigenvalue weighted by Crippen LogP contribution is 2.65. The fourth-order valence-electron chi connectivity index (χ4n) is 6.15. The van der Waals surface area contributed by atoms with Crippen LogP contribution in [-0.2, 0) is 24.0 Å². The highest BCUT2D eigenvalue weighted by molar-refractivity contribution is 8.14. The van der Waals surface area contributed by atoms with Crippen molar-refractivity contribution in [3.05, 3.63) is 0 Å². The summed E-state index contributed by atoms with van der Waals surface area (Å²) in [6, 6.07) is -2.44. The molecule has 3 rings (SSSR count). The summed E-state index contributed by atoms with van der Waals surface area (Å²) in [6.07, 6.45) is 1.32. The van der Waals surface area contributed by atoms with E-state index < -0.39 is 46.8 Å². The number of amides is 4. The van der Waals surface area contributed by atoms with Crippen LogP contribution < -0.4 is 21.1 Å². The maximum Gasteiger partial charge on any atom is 0.297 e. The van der Waals surface area contributed by atoms with Gasteiger partial charge in [-0.1, -0.05) is 55.4 Å². The number of primary amides is 1. The monoisotopic (exact) mass is 610 g/mol. The van der Waals surface area contributed by atoms with E-state index in [-0.39, 0.29) is 34.5 Å². The molecule has 0 aromatic heterocycles. The maximum absolute atomic E-state index is 14.1. The van der Waals surface area contributed by atoms with Gasteiger partial charge in [0.1, 0.15) is 6.04 Å². The first-order valence-corrected chi connectivity index (χ1v) is 15.5. The van der Waals surface area contributed by atoms with Gasteiger partial charge >= 0.3 is 0 Å². The molecule has 0 radical (unpaired) electrons. The normalized spacial score (nSPS) is 25.2. The molecule has 13 heteroatoms. The molecule has 2 saturated carbocycles. The molecule has 3 aliphatic rings. The Bertz CT molecular complexity index is 1080. The minimum Gasteiger partial charge on any atom is -0.365 e. The topological polar surface area (TPSA) is 174 Å².